The maximum Gasteiger partial charge on any atom is 0.100 e. The van der Waals surface area contributed by atoms with Gasteiger partial charge in [0.15, 0.2) is 0 Å². The number of aromatic amines is 1. The van der Waals surface area contributed by atoms with Crippen LogP contribution in [-0.2, 0) is 0 Å². The molecule has 0 aliphatic heterocycles. The van der Waals surface area contributed by atoms with E-state index in [0.29, 0.717) is 5.69 Å². The zero-order valence-electron chi connectivity index (χ0n) is 11.8. The largest absolute Gasteiger partial charge is 0.404 e. The van der Waals surface area contributed by atoms with Gasteiger partial charge >= 0.3 is 0 Å². The standard InChI is InChI=1S/C14H15N7/c1-9-11(7-17-20-9)14-13-3-4-18-21(13)8-12(19-14)10(5-15)6-16-2/h3-8H,15H2,1-2H3,(H,17,20). The molecule has 0 aliphatic rings. The Hall–Kier alpha value is -2.96. The lowest BCUT2D eigenvalue weighted by molar-refractivity contribution is 0.942. The number of nitrogens with two attached hydrogens (primary N) is 1. The van der Waals surface area contributed by atoms with E-state index >= 15 is 0 Å². The number of rotatable bonds is 3. The van der Waals surface area contributed by atoms with E-state index in [1.165, 1.54) is 6.20 Å². The molecule has 3 aromatic rings. The van der Waals surface area contributed by atoms with Gasteiger partial charge in [0, 0.05) is 36.3 Å². The number of aromatic nitrogens is 5. The van der Waals surface area contributed by atoms with E-state index in [1.807, 2.05) is 19.2 Å². The lowest BCUT2D eigenvalue weighted by atomic mass is 10.1. The van der Waals surface area contributed by atoms with Gasteiger partial charge in [-0.2, -0.15) is 10.2 Å². The molecule has 3 aromatic heterocycles. The second-order valence-electron chi connectivity index (χ2n) is 4.55. The molecule has 0 saturated carbocycles. The highest BCUT2D eigenvalue weighted by Gasteiger charge is 2.14. The van der Waals surface area contributed by atoms with Gasteiger partial charge in [-0.15, -0.1) is 0 Å². The van der Waals surface area contributed by atoms with Crippen molar-refractivity contribution in [3.05, 3.63) is 42.2 Å². The summed E-state index contributed by atoms with van der Waals surface area (Å²) >= 11 is 0. The van der Waals surface area contributed by atoms with Gasteiger partial charge < -0.3 is 5.73 Å². The molecule has 0 aromatic carbocycles. The van der Waals surface area contributed by atoms with Crippen LogP contribution >= 0.6 is 0 Å². The van der Waals surface area contributed by atoms with Gasteiger partial charge in [-0.25, -0.2) is 9.50 Å². The van der Waals surface area contributed by atoms with Crippen LogP contribution in [0.4, 0.5) is 0 Å². The van der Waals surface area contributed by atoms with Gasteiger partial charge in [-0.3, -0.25) is 10.1 Å². The normalized spacial score (nSPS) is 12.6. The summed E-state index contributed by atoms with van der Waals surface area (Å²) in [4.78, 5) is 8.71. The van der Waals surface area contributed by atoms with Gasteiger partial charge in [0.05, 0.1) is 29.8 Å². The second kappa shape index (κ2) is 5.20. The maximum atomic E-state index is 5.67. The van der Waals surface area contributed by atoms with Gasteiger partial charge in [0.2, 0.25) is 0 Å². The summed E-state index contributed by atoms with van der Waals surface area (Å²) in [7, 11) is 1.69. The first kappa shape index (κ1) is 13.0. The first-order chi connectivity index (χ1) is 10.2. The first-order valence-electron chi connectivity index (χ1n) is 6.43. The van der Waals surface area contributed by atoms with Crippen molar-refractivity contribution in [3.63, 3.8) is 0 Å². The molecule has 0 atom stereocenters. The fourth-order valence-electron chi connectivity index (χ4n) is 2.19. The van der Waals surface area contributed by atoms with Crippen LogP contribution in [0.15, 0.2) is 35.8 Å². The first-order valence-corrected chi connectivity index (χ1v) is 6.43. The summed E-state index contributed by atoms with van der Waals surface area (Å²) in [6.07, 6.45) is 8.47. The summed E-state index contributed by atoms with van der Waals surface area (Å²) in [5.41, 5.74) is 10.7. The van der Waals surface area contributed by atoms with Crippen LogP contribution in [0.25, 0.3) is 22.3 Å². The maximum absolute atomic E-state index is 5.67. The number of fused-ring (bicyclic) bond motifs is 1. The van der Waals surface area contributed by atoms with Crippen molar-refractivity contribution in [2.45, 2.75) is 6.92 Å². The predicted octanol–water partition coefficient (Wildman–Crippen LogP) is 1.43. The van der Waals surface area contributed by atoms with Crippen molar-refractivity contribution in [1.82, 2.24) is 24.8 Å². The summed E-state index contributed by atoms with van der Waals surface area (Å²) in [5.74, 6) is 0. The summed E-state index contributed by atoms with van der Waals surface area (Å²) in [6, 6.07) is 1.91. The SMILES string of the molecule is CN=CC(=CN)c1cn2nccc2c(-c2cn[nH]c2C)n1. The third-order valence-electron chi connectivity index (χ3n) is 3.22. The molecular weight excluding hydrogens is 266 g/mol. The molecule has 0 fully saturated rings. The molecule has 0 unspecified atom stereocenters. The molecule has 7 heteroatoms. The Balaban J connectivity index is 2.28. The predicted molar refractivity (Wildman–Crippen MR) is 81.9 cm³/mol. The molecule has 0 spiro atoms. The lowest BCUT2D eigenvalue weighted by Gasteiger charge is -2.07. The van der Waals surface area contributed by atoms with Crippen molar-refractivity contribution in [1.29, 1.82) is 0 Å². The third-order valence-corrected chi connectivity index (χ3v) is 3.22. The number of H-pyrrole nitrogens is 1. The highest BCUT2D eigenvalue weighted by Crippen LogP contribution is 2.26. The van der Waals surface area contributed by atoms with E-state index in [-0.39, 0.29) is 0 Å². The third kappa shape index (κ3) is 2.18. The Morgan fingerprint density at radius 2 is 2.33 bits per heavy atom. The monoisotopic (exact) mass is 281 g/mol. The molecule has 0 radical (unpaired) electrons. The van der Waals surface area contributed by atoms with Crippen molar-refractivity contribution in [2.24, 2.45) is 10.7 Å². The highest BCUT2D eigenvalue weighted by atomic mass is 15.2. The number of hydrogen-bond donors (Lipinski definition) is 2. The lowest BCUT2D eigenvalue weighted by Crippen LogP contribution is -2.01. The summed E-state index contributed by atoms with van der Waals surface area (Å²) < 4.78 is 1.77. The van der Waals surface area contributed by atoms with Crippen LogP contribution in [0, 0.1) is 6.92 Å². The molecule has 3 heterocycles. The highest BCUT2D eigenvalue weighted by molar-refractivity contribution is 6.09. The van der Waals surface area contributed by atoms with E-state index in [1.54, 1.807) is 30.2 Å². The van der Waals surface area contributed by atoms with E-state index < -0.39 is 0 Å². The van der Waals surface area contributed by atoms with Crippen LogP contribution in [0.5, 0.6) is 0 Å². The molecule has 0 amide bonds. The number of allylic oxidation sites excluding steroid dienone is 1. The van der Waals surface area contributed by atoms with Crippen LogP contribution < -0.4 is 5.73 Å². The summed E-state index contributed by atoms with van der Waals surface area (Å²) in [5, 5.41) is 11.3. The van der Waals surface area contributed by atoms with Gasteiger partial charge in [0.25, 0.3) is 0 Å². The Bertz CT molecular complexity index is 838. The smallest absolute Gasteiger partial charge is 0.100 e. The Labute approximate surface area is 121 Å². The van der Waals surface area contributed by atoms with E-state index in [0.717, 1.165) is 28.0 Å². The van der Waals surface area contributed by atoms with Gasteiger partial charge in [0.1, 0.15) is 5.69 Å². The molecular formula is C14H15N7. The zero-order chi connectivity index (χ0) is 14.8. The summed E-state index contributed by atoms with van der Waals surface area (Å²) in [6.45, 7) is 1.96. The average molecular weight is 281 g/mol. The fraction of sp³-hybridized carbons (Fsp3) is 0.143. The van der Waals surface area contributed by atoms with Crippen LogP contribution in [0.2, 0.25) is 0 Å². The minimum atomic E-state index is 0.704. The van der Waals surface area contributed by atoms with Crippen molar-refractivity contribution in [2.75, 3.05) is 7.05 Å². The number of aryl methyl sites for hydroxylation is 1. The quantitative estimate of drug-likeness (QED) is 0.709. The van der Waals surface area contributed by atoms with Crippen molar-refractivity contribution in [3.8, 4) is 11.3 Å². The molecule has 0 aliphatic carbocycles. The Kier molecular flexibility index (Phi) is 3.23. The number of nitrogens with one attached hydrogen (secondary N) is 1. The fourth-order valence-corrected chi connectivity index (χ4v) is 2.19. The number of nitrogens with zero attached hydrogens (tertiary/aromatic N) is 5. The molecule has 0 saturated heterocycles. The molecule has 106 valence electrons. The van der Waals surface area contributed by atoms with Gasteiger partial charge in [-0.1, -0.05) is 0 Å². The number of hydrogen-bond acceptors (Lipinski definition) is 5. The molecule has 21 heavy (non-hydrogen) atoms. The minimum Gasteiger partial charge on any atom is -0.404 e. The van der Waals surface area contributed by atoms with E-state index in [4.69, 9.17) is 10.7 Å². The van der Waals surface area contributed by atoms with Crippen molar-refractivity contribution < 1.29 is 0 Å². The molecule has 3 rings (SSSR count). The molecule has 7 nitrogen and oxygen atoms in total. The van der Waals surface area contributed by atoms with Crippen LogP contribution in [-0.4, -0.2) is 38.1 Å². The molecule has 3 N–H and O–H groups in total. The zero-order valence-corrected chi connectivity index (χ0v) is 11.8. The Morgan fingerprint density at radius 3 is 3.00 bits per heavy atom. The van der Waals surface area contributed by atoms with Crippen LogP contribution in [0.1, 0.15) is 11.4 Å². The van der Waals surface area contributed by atoms with E-state index in [2.05, 4.69) is 20.3 Å². The van der Waals surface area contributed by atoms with E-state index in [9.17, 15) is 0 Å². The Morgan fingerprint density at radius 1 is 1.48 bits per heavy atom. The minimum absolute atomic E-state index is 0.704. The van der Waals surface area contributed by atoms with Crippen LogP contribution in [0.3, 0.4) is 0 Å². The molecule has 0 bridgehead atoms. The second-order valence-corrected chi connectivity index (χ2v) is 4.55. The number of aliphatic imine (C=N–C) groups is 1. The van der Waals surface area contributed by atoms with Gasteiger partial charge in [-0.05, 0) is 13.0 Å². The average Bonchev–Trinajstić information content (AvgIpc) is 3.12. The topological polar surface area (TPSA) is 97.2 Å². The van der Waals surface area contributed by atoms with Crippen molar-refractivity contribution >= 4 is 17.3 Å².